The summed E-state index contributed by atoms with van der Waals surface area (Å²) in [5, 5.41) is 3.11. The lowest BCUT2D eigenvalue weighted by Crippen LogP contribution is -2.40. The smallest absolute Gasteiger partial charge is 0.223 e. The number of nitrogens with one attached hydrogen (secondary N) is 1. The van der Waals surface area contributed by atoms with Crippen molar-refractivity contribution in [1.29, 1.82) is 0 Å². The molecule has 0 aliphatic carbocycles. The molecule has 2 aliphatic heterocycles. The zero-order valence-electron chi connectivity index (χ0n) is 17.7. The van der Waals surface area contributed by atoms with Gasteiger partial charge in [0.05, 0.1) is 0 Å². The first-order valence-electron chi connectivity index (χ1n) is 11.3. The molecule has 4 rings (SSSR count). The van der Waals surface area contributed by atoms with Crippen molar-refractivity contribution >= 4 is 11.6 Å². The van der Waals surface area contributed by atoms with E-state index in [1.807, 2.05) is 12.1 Å². The molecule has 30 heavy (non-hydrogen) atoms. The third-order valence-electron chi connectivity index (χ3n) is 6.43. The standard InChI is InChI=1S/C25H32FN3O/c26-24-7-3-2-6-22(24)19-28-16-12-21(13-17-28)25(30)27-18-20-8-10-23(11-9-20)29-14-4-1-5-15-29/h2-3,6-11,21H,1,4-5,12-19H2,(H,27,30). The topological polar surface area (TPSA) is 35.6 Å². The van der Waals surface area contributed by atoms with Crippen LogP contribution in [-0.4, -0.2) is 37.0 Å². The Morgan fingerprint density at radius 1 is 0.933 bits per heavy atom. The number of carbonyl (C=O) groups is 1. The Balaban J connectivity index is 1.21. The van der Waals surface area contributed by atoms with Gasteiger partial charge in [-0.15, -0.1) is 0 Å². The number of halogens is 1. The van der Waals surface area contributed by atoms with Crippen LogP contribution in [0, 0.1) is 11.7 Å². The number of benzene rings is 2. The van der Waals surface area contributed by atoms with Gasteiger partial charge in [-0.05, 0) is 69.0 Å². The number of hydrogen-bond donors (Lipinski definition) is 1. The first-order valence-corrected chi connectivity index (χ1v) is 11.3. The Bertz CT molecular complexity index is 825. The molecule has 1 N–H and O–H groups in total. The number of piperidine rings is 2. The van der Waals surface area contributed by atoms with Gasteiger partial charge in [-0.1, -0.05) is 30.3 Å². The predicted octanol–water partition coefficient (Wildman–Crippen LogP) is 4.34. The van der Waals surface area contributed by atoms with Crippen molar-refractivity contribution < 1.29 is 9.18 Å². The maximum absolute atomic E-state index is 13.8. The molecular weight excluding hydrogens is 377 g/mol. The van der Waals surface area contributed by atoms with Crippen molar-refractivity contribution in [3.05, 3.63) is 65.5 Å². The molecule has 0 spiro atoms. The molecule has 2 aromatic carbocycles. The molecule has 0 aromatic heterocycles. The minimum absolute atomic E-state index is 0.0505. The van der Waals surface area contributed by atoms with Gasteiger partial charge in [0.15, 0.2) is 0 Å². The van der Waals surface area contributed by atoms with Crippen LogP contribution in [0.2, 0.25) is 0 Å². The summed E-state index contributed by atoms with van der Waals surface area (Å²) in [5.74, 6) is 0.0406. The molecule has 4 nitrogen and oxygen atoms in total. The van der Waals surface area contributed by atoms with E-state index in [4.69, 9.17) is 0 Å². The van der Waals surface area contributed by atoms with Crippen molar-refractivity contribution in [1.82, 2.24) is 10.2 Å². The first kappa shape index (κ1) is 20.9. The number of rotatable bonds is 6. The molecular formula is C25H32FN3O. The molecule has 160 valence electrons. The third-order valence-corrected chi connectivity index (χ3v) is 6.43. The molecule has 2 fully saturated rings. The normalized spacial score (nSPS) is 18.4. The van der Waals surface area contributed by atoms with Crippen molar-refractivity contribution in [2.75, 3.05) is 31.1 Å². The highest BCUT2D eigenvalue weighted by atomic mass is 19.1. The molecule has 2 aliphatic rings. The van der Waals surface area contributed by atoms with Gasteiger partial charge in [-0.3, -0.25) is 9.69 Å². The average molecular weight is 410 g/mol. The van der Waals surface area contributed by atoms with Crippen molar-refractivity contribution in [3.8, 4) is 0 Å². The van der Waals surface area contributed by atoms with E-state index < -0.39 is 0 Å². The van der Waals surface area contributed by atoms with Gasteiger partial charge in [0.25, 0.3) is 0 Å². The van der Waals surface area contributed by atoms with Crippen LogP contribution in [0.5, 0.6) is 0 Å². The van der Waals surface area contributed by atoms with Crippen LogP contribution in [0.4, 0.5) is 10.1 Å². The highest BCUT2D eigenvalue weighted by molar-refractivity contribution is 5.78. The molecule has 0 saturated carbocycles. The summed E-state index contributed by atoms with van der Waals surface area (Å²) in [4.78, 5) is 17.3. The van der Waals surface area contributed by atoms with Crippen LogP contribution in [0.25, 0.3) is 0 Å². The van der Waals surface area contributed by atoms with Gasteiger partial charge in [0.1, 0.15) is 5.82 Å². The zero-order valence-corrected chi connectivity index (χ0v) is 17.7. The molecule has 2 aromatic rings. The maximum atomic E-state index is 13.8. The molecule has 0 radical (unpaired) electrons. The molecule has 0 unspecified atom stereocenters. The fraction of sp³-hybridized carbons (Fsp3) is 0.480. The van der Waals surface area contributed by atoms with Crippen molar-refractivity contribution in [2.45, 2.75) is 45.2 Å². The SMILES string of the molecule is O=C(NCc1ccc(N2CCCCC2)cc1)C1CCN(Cc2ccccc2F)CC1. The largest absolute Gasteiger partial charge is 0.372 e. The predicted molar refractivity (Wildman–Crippen MR) is 119 cm³/mol. The van der Waals surface area contributed by atoms with Crippen molar-refractivity contribution in [2.24, 2.45) is 5.92 Å². The van der Waals surface area contributed by atoms with Gasteiger partial charge < -0.3 is 10.2 Å². The third kappa shape index (κ3) is 5.39. The summed E-state index contributed by atoms with van der Waals surface area (Å²) in [7, 11) is 0. The van der Waals surface area contributed by atoms with E-state index in [1.54, 1.807) is 6.07 Å². The Morgan fingerprint density at radius 2 is 1.63 bits per heavy atom. The summed E-state index contributed by atoms with van der Waals surface area (Å²) in [6, 6.07) is 15.5. The second-order valence-electron chi connectivity index (χ2n) is 8.57. The lowest BCUT2D eigenvalue weighted by molar-refractivity contribution is -0.126. The summed E-state index contributed by atoms with van der Waals surface area (Å²) in [6.07, 6.45) is 5.54. The summed E-state index contributed by atoms with van der Waals surface area (Å²) in [6.45, 7) is 5.14. The van der Waals surface area contributed by atoms with E-state index in [0.29, 0.717) is 13.1 Å². The van der Waals surface area contributed by atoms with Gasteiger partial charge in [0, 0.05) is 43.3 Å². The van der Waals surface area contributed by atoms with Gasteiger partial charge in [-0.2, -0.15) is 0 Å². The average Bonchev–Trinajstić information content (AvgIpc) is 2.80. The molecule has 0 atom stereocenters. The Morgan fingerprint density at radius 3 is 2.33 bits per heavy atom. The fourth-order valence-electron chi connectivity index (χ4n) is 4.53. The molecule has 2 heterocycles. The lowest BCUT2D eigenvalue weighted by Gasteiger charge is -2.31. The summed E-state index contributed by atoms with van der Waals surface area (Å²) >= 11 is 0. The monoisotopic (exact) mass is 409 g/mol. The number of hydrogen-bond acceptors (Lipinski definition) is 3. The minimum atomic E-state index is -0.149. The number of amides is 1. The van der Waals surface area contributed by atoms with E-state index in [9.17, 15) is 9.18 Å². The van der Waals surface area contributed by atoms with Crippen molar-refractivity contribution in [3.63, 3.8) is 0 Å². The Labute approximate surface area is 179 Å². The maximum Gasteiger partial charge on any atom is 0.223 e. The van der Waals surface area contributed by atoms with Crippen LogP contribution in [0.15, 0.2) is 48.5 Å². The van der Waals surface area contributed by atoms with Crippen LogP contribution in [0.1, 0.15) is 43.2 Å². The van der Waals surface area contributed by atoms with Crippen LogP contribution in [-0.2, 0) is 17.9 Å². The number of carbonyl (C=O) groups excluding carboxylic acids is 1. The van der Waals surface area contributed by atoms with Crippen LogP contribution < -0.4 is 10.2 Å². The molecule has 1 amide bonds. The second-order valence-corrected chi connectivity index (χ2v) is 8.57. The van der Waals surface area contributed by atoms with E-state index in [1.165, 1.54) is 31.0 Å². The lowest BCUT2D eigenvalue weighted by atomic mass is 9.95. The summed E-state index contributed by atoms with van der Waals surface area (Å²) in [5.41, 5.74) is 3.15. The summed E-state index contributed by atoms with van der Waals surface area (Å²) < 4.78 is 13.8. The molecule has 5 heteroatoms. The Hall–Kier alpha value is -2.40. The number of likely N-dealkylation sites (tertiary alicyclic amines) is 1. The molecule has 2 saturated heterocycles. The number of nitrogens with zero attached hydrogens (tertiary/aromatic N) is 2. The quantitative estimate of drug-likeness (QED) is 0.771. The second kappa shape index (κ2) is 10.1. The van der Waals surface area contributed by atoms with Gasteiger partial charge in [0.2, 0.25) is 5.91 Å². The van der Waals surface area contributed by atoms with Crippen LogP contribution >= 0.6 is 0 Å². The highest BCUT2D eigenvalue weighted by Crippen LogP contribution is 2.22. The van der Waals surface area contributed by atoms with Crippen LogP contribution in [0.3, 0.4) is 0 Å². The van der Waals surface area contributed by atoms with E-state index in [-0.39, 0.29) is 17.6 Å². The van der Waals surface area contributed by atoms with E-state index in [2.05, 4.69) is 39.4 Å². The highest BCUT2D eigenvalue weighted by Gasteiger charge is 2.25. The van der Waals surface area contributed by atoms with Gasteiger partial charge >= 0.3 is 0 Å². The fourth-order valence-corrected chi connectivity index (χ4v) is 4.53. The van der Waals surface area contributed by atoms with E-state index in [0.717, 1.165) is 50.1 Å². The zero-order chi connectivity index (χ0) is 20.8. The van der Waals surface area contributed by atoms with Gasteiger partial charge in [-0.25, -0.2) is 4.39 Å². The minimum Gasteiger partial charge on any atom is -0.372 e. The first-order chi connectivity index (χ1) is 14.7. The van der Waals surface area contributed by atoms with E-state index >= 15 is 0 Å². The number of anilines is 1. The molecule has 0 bridgehead atoms. The Kier molecular flexibility index (Phi) is 7.00.